The van der Waals surface area contributed by atoms with Crippen LogP contribution in [-0.2, 0) is 17.6 Å². The Morgan fingerprint density at radius 1 is 1.06 bits per heavy atom. The van der Waals surface area contributed by atoms with Gasteiger partial charge in [0.1, 0.15) is 6.04 Å². The van der Waals surface area contributed by atoms with Gasteiger partial charge in [-0.1, -0.05) is 30.3 Å². The van der Waals surface area contributed by atoms with Gasteiger partial charge in [-0.2, -0.15) is 0 Å². The normalized spacial score (nSPS) is 13.3. The number of amides is 3. The Bertz CT molecular complexity index is 1170. The zero-order chi connectivity index (χ0) is 22.7. The molecular weight excluding hydrogens is 408 g/mol. The minimum Gasteiger partial charge on any atom is -0.465 e. The number of nitrogens with zero attached hydrogens (tertiary/aromatic N) is 2. The summed E-state index contributed by atoms with van der Waals surface area (Å²) in [4.78, 5) is 42.6. The molecule has 0 bridgehead atoms. The van der Waals surface area contributed by atoms with Crippen molar-refractivity contribution in [2.75, 3.05) is 11.4 Å². The number of carboxylic acid groups (broad SMARTS) is 1. The van der Waals surface area contributed by atoms with Gasteiger partial charge < -0.3 is 21.1 Å². The number of nitrogens with one attached hydrogen (secondary N) is 1. The molecule has 0 radical (unpaired) electrons. The maximum atomic E-state index is 13.5. The molecule has 3 amide bonds. The van der Waals surface area contributed by atoms with E-state index in [9.17, 15) is 19.5 Å². The third-order valence-corrected chi connectivity index (χ3v) is 5.53. The molecule has 8 nitrogen and oxygen atoms in total. The fraction of sp³-hybridized carbons (Fsp3) is 0.167. The summed E-state index contributed by atoms with van der Waals surface area (Å²) in [6, 6.07) is 15.4. The van der Waals surface area contributed by atoms with E-state index in [0.29, 0.717) is 29.8 Å². The Kier molecular flexibility index (Phi) is 5.85. The standard InChI is InChI=1S/C24H22N4O4/c25-22(29)19-13-17(16-6-9-26-10-7-16)14-21-18(19)8-11-28(21)23(30)20(27-24(31)32)12-15-4-2-1-3-5-15/h1-7,9-10,13-14,20,27H,8,11-12H2,(H2,25,29)(H,31,32). The molecule has 8 heteroatoms. The molecule has 0 saturated carbocycles. The van der Waals surface area contributed by atoms with Crippen LogP contribution in [0.5, 0.6) is 0 Å². The molecule has 32 heavy (non-hydrogen) atoms. The third kappa shape index (κ3) is 4.29. The van der Waals surface area contributed by atoms with Crippen molar-refractivity contribution in [3.05, 3.63) is 83.7 Å². The first kappa shape index (κ1) is 21.0. The minimum atomic E-state index is -1.28. The number of anilines is 1. The van der Waals surface area contributed by atoms with E-state index in [1.54, 1.807) is 30.6 Å². The zero-order valence-electron chi connectivity index (χ0n) is 17.2. The summed E-state index contributed by atoms with van der Waals surface area (Å²) in [5.41, 5.74) is 9.65. The topological polar surface area (TPSA) is 126 Å². The molecular formula is C24H22N4O4. The highest BCUT2D eigenvalue weighted by Gasteiger charge is 2.33. The van der Waals surface area contributed by atoms with Crippen LogP contribution >= 0.6 is 0 Å². The predicted octanol–water partition coefficient (Wildman–Crippen LogP) is 2.62. The Morgan fingerprint density at radius 3 is 2.44 bits per heavy atom. The second-order valence-electron chi connectivity index (χ2n) is 7.55. The smallest absolute Gasteiger partial charge is 0.405 e. The monoisotopic (exact) mass is 430 g/mol. The van der Waals surface area contributed by atoms with E-state index >= 15 is 0 Å². The average molecular weight is 430 g/mol. The van der Waals surface area contributed by atoms with Crippen molar-refractivity contribution in [3.8, 4) is 11.1 Å². The van der Waals surface area contributed by atoms with Gasteiger partial charge in [0.2, 0.25) is 11.8 Å². The summed E-state index contributed by atoms with van der Waals surface area (Å²) in [5.74, 6) is -0.951. The molecule has 0 spiro atoms. The van der Waals surface area contributed by atoms with Crippen LogP contribution in [0.15, 0.2) is 67.0 Å². The number of carbonyl (C=O) groups is 3. The first-order chi connectivity index (χ1) is 15.4. The van der Waals surface area contributed by atoms with Gasteiger partial charge in [0, 0.05) is 36.6 Å². The number of carbonyl (C=O) groups excluding carboxylic acids is 2. The fourth-order valence-electron chi connectivity index (χ4n) is 4.05. The highest BCUT2D eigenvalue weighted by molar-refractivity contribution is 6.05. The van der Waals surface area contributed by atoms with Crippen LogP contribution in [0.2, 0.25) is 0 Å². The number of hydrogen-bond donors (Lipinski definition) is 3. The van der Waals surface area contributed by atoms with Crippen LogP contribution in [0.4, 0.5) is 10.5 Å². The Hall–Kier alpha value is -4.20. The summed E-state index contributed by atoms with van der Waals surface area (Å²) >= 11 is 0. The zero-order valence-corrected chi connectivity index (χ0v) is 17.2. The maximum Gasteiger partial charge on any atom is 0.405 e. The second-order valence-corrected chi connectivity index (χ2v) is 7.55. The van der Waals surface area contributed by atoms with E-state index in [4.69, 9.17) is 5.73 Å². The van der Waals surface area contributed by atoms with E-state index in [1.807, 2.05) is 36.4 Å². The fourth-order valence-corrected chi connectivity index (χ4v) is 4.05. The molecule has 3 aromatic rings. The largest absolute Gasteiger partial charge is 0.465 e. The molecule has 1 aromatic heterocycles. The molecule has 2 heterocycles. The minimum absolute atomic E-state index is 0.213. The number of hydrogen-bond acceptors (Lipinski definition) is 4. The number of nitrogens with two attached hydrogens (primary N) is 1. The SMILES string of the molecule is NC(=O)c1cc(-c2ccncc2)cc2c1CCN2C(=O)C(Cc1ccccc1)NC(=O)O. The van der Waals surface area contributed by atoms with E-state index in [0.717, 1.165) is 16.7 Å². The molecule has 1 atom stereocenters. The molecule has 2 aromatic carbocycles. The van der Waals surface area contributed by atoms with Gasteiger partial charge in [-0.3, -0.25) is 14.6 Å². The number of primary amides is 1. The molecule has 1 aliphatic rings. The highest BCUT2D eigenvalue weighted by Crippen LogP contribution is 2.36. The molecule has 4 N–H and O–H groups in total. The van der Waals surface area contributed by atoms with E-state index in [2.05, 4.69) is 10.3 Å². The summed E-state index contributed by atoms with van der Waals surface area (Å²) in [6.45, 7) is 0.334. The summed E-state index contributed by atoms with van der Waals surface area (Å²) in [6.07, 6.45) is 2.68. The Balaban J connectivity index is 1.72. The lowest BCUT2D eigenvalue weighted by molar-refractivity contribution is -0.120. The summed E-state index contributed by atoms with van der Waals surface area (Å²) < 4.78 is 0. The van der Waals surface area contributed by atoms with Gasteiger partial charge in [-0.05, 0) is 52.9 Å². The number of aromatic nitrogens is 1. The van der Waals surface area contributed by atoms with Crippen LogP contribution in [0, 0.1) is 0 Å². The third-order valence-electron chi connectivity index (χ3n) is 5.53. The van der Waals surface area contributed by atoms with Crippen molar-refractivity contribution < 1.29 is 19.5 Å². The number of pyridine rings is 1. The maximum absolute atomic E-state index is 13.5. The lowest BCUT2D eigenvalue weighted by Crippen LogP contribution is -2.49. The predicted molar refractivity (Wildman–Crippen MR) is 119 cm³/mol. The van der Waals surface area contributed by atoms with Gasteiger partial charge in [-0.15, -0.1) is 0 Å². The Labute approximate surface area is 184 Å². The van der Waals surface area contributed by atoms with Crippen molar-refractivity contribution in [1.82, 2.24) is 10.3 Å². The van der Waals surface area contributed by atoms with Crippen LogP contribution in [-0.4, -0.2) is 40.6 Å². The van der Waals surface area contributed by atoms with E-state index < -0.39 is 18.0 Å². The number of fused-ring (bicyclic) bond motifs is 1. The van der Waals surface area contributed by atoms with Crippen molar-refractivity contribution in [2.24, 2.45) is 5.73 Å². The first-order valence-corrected chi connectivity index (χ1v) is 10.2. The van der Waals surface area contributed by atoms with Gasteiger partial charge >= 0.3 is 6.09 Å². The molecule has 0 aliphatic carbocycles. The van der Waals surface area contributed by atoms with Crippen LogP contribution in [0.1, 0.15) is 21.5 Å². The molecule has 162 valence electrons. The van der Waals surface area contributed by atoms with Crippen LogP contribution in [0.3, 0.4) is 0 Å². The van der Waals surface area contributed by atoms with Crippen molar-refractivity contribution in [2.45, 2.75) is 18.9 Å². The molecule has 0 fully saturated rings. The van der Waals surface area contributed by atoms with Crippen molar-refractivity contribution in [3.63, 3.8) is 0 Å². The van der Waals surface area contributed by atoms with Gasteiger partial charge in [0.05, 0.1) is 0 Å². The van der Waals surface area contributed by atoms with E-state index in [1.165, 1.54) is 4.90 Å². The number of rotatable bonds is 6. The quantitative estimate of drug-likeness (QED) is 0.554. The Morgan fingerprint density at radius 2 is 1.78 bits per heavy atom. The van der Waals surface area contributed by atoms with Gasteiger partial charge in [0.25, 0.3) is 0 Å². The first-order valence-electron chi connectivity index (χ1n) is 10.2. The summed E-state index contributed by atoms with van der Waals surface area (Å²) in [7, 11) is 0. The van der Waals surface area contributed by atoms with Gasteiger partial charge in [-0.25, -0.2) is 4.79 Å². The second kappa shape index (κ2) is 8.89. The van der Waals surface area contributed by atoms with Crippen LogP contribution < -0.4 is 16.0 Å². The van der Waals surface area contributed by atoms with Gasteiger partial charge in [0.15, 0.2) is 0 Å². The average Bonchev–Trinajstić information content (AvgIpc) is 3.22. The number of benzene rings is 2. The highest BCUT2D eigenvalue weighted by atomic mass is 16.4. The molecule has 0 saturated heterocycles. The molecule has 1 unspecified atom stereocenters. The molecule has 1 aliphatic heterocycles. The molecule has 4 rings (SSSR count). The van der Waals surface area contributed by atoms with Crippen LogP contribution in [0.25, 0.3) is 11.1 Å². The van der Waals surface area contributed by atoms with Crippen molar-refractivity contribution >= 4 is 23.6 Å². The van der Waals surface area contributed by atoms with E-state index in [-0.39, 0.29) is 12.3 Å². The lowest BCUT2D eigenvalue weighted by Gasteiger charge is -2.25. The van der Waals surface area contributed by atoms with Crippen molar-refractivity contribution in [1.29, 1.82) is 0 Å². The summed E-state index contributed by atoms with van der Waals surface area (Å²) in [5, 5.41) is 11.7. The lowest BCUT2D eigenvalue weighted by atomic mass is 9.97.